The van der Waals surface area contributed by atoms with Crippen LogP contribution in [0.4, 0.5) is 0 Å². The lowest BCUT2D eigenvalue weighted by Crippen LogP contribution is -1.83. The largest absolute Gasteiger partial charge is 0.276 e. The predicted molar refractivity (Wildman–Crippen MR) is 30.1 cm³/mol. The summed E-state index contributed by atoms with van der Waals surface area (Å²) < 4.78 is 2.40. The summed E-state index contributed by atoms with van der Waals surface area (Å²) >= 11 is 0. The maximum atomic E-state index is 2.40. The lowest BCUT2D eigenvalue weighted by Gasteiger charge is -1.76. The van der Waals surface area contributed by atoms with Crippen molar-refractivity contribution in [3.8, 4) is 0 Å². The SMILES string of the molecule is C[C@@H]1[N@@](C)P1C. The molecule has 1 unspecified atom stereocenters. The van der Waals surface area contributed by atoms with E-state index >= 15 is 0 Å². The molecule has 1 nitrogen and oxygen atoms in total. The van der Waals surface area contributed by atoms with Gasteiger partial charge in [-0.25, -0.2) is 0 Å². The molecule has 0 aliphatic carbocycles. The summed E-state index contributed by atoms with van der Waals surface area (Å²) in [6.45, 7) is 4.58. The van der Waals surface area contributed by atoms with Gasteiger partial charge in [0.2, 0.25) is 0 Å². The second kappa shape index (κ2) is 1.18. The summed E-state index contributed by atoms with van der Waals surface area (Å²) in [4.78, 5) is 0. The van der Waals surface area contributed by atoms with Crippen LogP contribution in [0.3, 0.4) is 0 Å². The molecule has 0 aromatic rings. The minimum Gasteiger partial charge on any atom is -0.276 e. The van der Waals surface area contributed by atoms with Gasteiger partial charge in [0.1, 0.15) is 0 Å². The zero-order valence-corrected chi connectivity index (χ0v) is 5.37. The lowest BCUT2D eigenvalue weighted by molar-refractivity contribution is 0.674. The Morgan fingerprint density at radius 3 is 1.83 bits per heavy atom. The third-order valence-corrected chi connectivity index (χ3v) is 4.06. The van der Waals surface area contributed by atoms with Crippen LogP contribution in [0.25, 0.3) is 0 Å². The van der Waals surface area contributed by atoms with E-state index < -0.39 is 0 Å². The number of rotatable bonds is 0. The summed E-state index contributed by atoms with van der Waals surface area (Å²) in [5.41, 5.74) is 0. The van der Waals surface area contributed by atoms with Gasteiger partial charge in [0.05, 0.1) is 0 Å². The molecule has 2 heteroatoms. The van der Waals surface area contributed by atoms with E-state index in [1.165, 1.54) is 0 Å². The van der Waals surface area contributed by atoms with Gasteiger partial charge in [0.15, 0.2) is 0 Å². The first kappa shape index (κ1) is 4.55. The van der Waals surface area contributed by atoms with Crippen molar-refractivity contribution in [2.45, 2.75) is 12.7 Å². The number of hydrogen-bond acceptors (Lipinski definition) is 1. The molecule has 1 rings (SSSR count). The van der Waals surface area contributed by atoms with E-state index in [-0.39, 0.29) is 0 Å². The maximum Gasteiger partial charge on any atom is 0.0434 e. The smallest absolute Gasteiger partial charge is 0.0434 e. The van der Waals surface area contributed by atoms with E-state index in [4.69, 9.17) is 0 Å². The van der Waals surface area contributed by atoms with Gasteiger partial charge in [-0.05, 0) is 28.7 Å². The van der Waals surface area contributed by atoms with Crippen LogP contribution in [0.2, 0.25) is 0 Å². The van der Waals surface area contributed by atoms with Gasteiger partial charge in [-0.2, -0.15) is 0 Å². The number of nitrogens with zero attached hydrogens (tertiary/aromatic N) is 1. The Kier molecular flexibility index (Phi) is 0.893. The summed E-state index contributed by atoms with van der Waals surface area (Å²) in [7, 11) is 2.52. The standard InChI is InChI=1S/C4H10NP/c1-4-5(2)6(4)3/h4H,1-3H3/t4-,5-,6?/m1/s1. The molecule has 0 saturated carbocycles. The first-order chi connectivity index (χ1) is 2.73. The van der Waals surface area contributed by atoms with Gasteiger partial charge in [0.25, 0.3) is 0 Å². The van der Waals surface area contributed by atoms with Crippen LogP contribution in [0.1, 0.15) is 6.92 Å². The second-order valence-electron chi connectivity index (χ2n) is 1.78. The third-order valence-electron chi connectivity index (χ3n) is 1.52. The van der Waals surface area contributed by atoms with Crippen molar-refractivity contribution >= 4 is 8.07 Å². The van der Waals surface area contributed by atoms with Gasteiger partial charge < -0.3 is 0 Å². The molecule has 1 heterocycles. The highest BCUT2D eigenvalue weighted by molar-refractivity contribution is 7.61. The Morgan fingerprint density at radius 2 is 1.83 bits per heavy atom. The van der Waals surface area contributed by atoms with Crippen LogP contribution < -0.4 is 0 Å². The lowest BCUT2D eigenvalue weighted by atomic mass is 10.8. The molecule has 1 aliphatic rings. The molecule has 0 spiro atoms. The third kappa shape index (κ3) is 0.467. The van der Waals surface area contributed by atoms with Crippen molar-refractivity contribution in [2.75, 3.05) is 13.7 Å². The maximum absolute atomic E-state index is 2.40. The molecule has 0 N–H and O–H groups in total. The molecule has 0 bridgehead atoms. The normalized spacial score (nSPS) is 55.5. The van der Waals surface area contributed by atoms with Crippen LogP contribution >= 0.6 is 8.07 Å². The molecule has 0 radical (unpaired) electrons. The van der Waals surface area contributed by atoms with Crippen LogP contribution in [0, 0.1) is 0 Å². The molecule has 0 aromatic carbocycles. The van der Waals surface area contributed by atoms with E-state index in [0.717, 1.165) is 5.78 Å². The van der Waals surface area contributed by atoms with E-state index in [0.29, 0.717) is 8.07 Å². The Morgan fingerprint density at radius 1 is 1.67 bits per heavy atom. The van der Waals surface area contributed by atoms with Crippen LogP contribution in [0.15, 0.2) is 0 Å². The van der Waals surface area contributed by atoms with Crippen molar-refractivity contribution in [1.82, 2.24) is 4.67 Å². The molecule has 1 aliphatic heterocycles. The number of hydrogen-bond donors (Lipinski definition) is 0. The molecule has 3 atom stereocenters. The highest BCUT2D eigenvalue weighted by atomic mass is 31.1. The minimum atomic E-state index is 0.341. The van der Waals surface area contributed by atoms with Gasteiger partial charge in [-0.1, -0.05) is 0 Å². The Labute approximate surface area is 40.1 Å². The van der Waals surface area contributed by atoms with Gasteiger partial charge in [-0.3, -0.25) is 4.67 Å². The Balaban J connectivity index is 2.31. The first-order valence-corrected chi connectivity index (χ1v) is 4.00. The van der Waals surface area contributed by atoms with E-state index in [9.17, 15) is 0 Å². The average Bonchev–Trinajstić information content (AvgIpc) is 1.94. The second-order valence-corrected chi connectivity index (χ2v) is 4.30. The molecule has 36 valence electrons. The fourth-order valence-corrected chi connectivity index (χ4v) is 1.86. The summed E-state index contributed by atoms with van der Waals surface area (Å²) in [6, 6.07) is 0. The Hall–Kier alpha value is 0.390. The average molecular weight is 103 g/mol. The van der Waals surface area contributed by atoms with E-state index in [1.54, 1.807) is 0 Å². The molecule has 1 saturated heterocycles. The molecule has 6 heavy (non-hydrogen) atoms. The van der Waals surface area contributed by atoms with Crippen molar-refractivity contribution in [1.29, 1.82) is 0 Å². The zero-order chi connectivity index (χ0) is 4.73. The fraction of sp³-hybridized carbons (Fsp3) is 1.00. The van der Waals surface area contributed by atoms with E-state index in [2.05, 4.69) is 25.3 Å². The van der Waals surface area contributed by atoms with E-state index in [1.807, 2.05) is 0 Å². The highest BCUT2D eigenvalue weighted by Gasteiger charge is 2.35. The highest BCUT2D eigenvalue weighted by Crippen LogP contribution is 2.59. The van der Waals surface area contributed by atoms with Gasteiger partial charge >= 0.3 is 0 Å². The monoisotopic (exact) mass is 103 g/mol. The molecule has 0 amide bonds. The Bertz CT molecular complexity index is 44.3. The van der Waals surface area contributed by atoms with Crippen LogP contribution in [-0.4, -0.2) is 24.2 Å². The first-order valence-electron chi connectivity index (χ1n) is 2.19. The summed E-state index contributed by atoms with van der Waals surface area (Å²) in [5, 5.41) is 0. The summed E-state index contributed by atoms with van der Waals surface area (Å²) in [6.07, 6.45) is 0. The fourth-order valence-electron chi connectivity index (χ4n) is 0.516. The molecule has 1 fully saturated rings. The zero-order valence-electron chi connectivity index (χ0n) is 4.47. The van der Waals surface area contributed by atoms with Crippen LogP contribution in [-0.2, 0) is 0 Å². The van der Waals surface area contributed by atoms with Crippen molar-refractivity contribution in [2.24, 2.45) is 0 Å². The minimum absolute atomic E-state index is 0.341. The van der Waals surface area contributed by atoms with Crippen molar-refractivity contribution in [3.63, 3.8) is 0 Å². The quantitative estimate of drug-likeness (QED) is 0.330. The topological polar surface area (TPSA) is 3.01 Å². The van der Waals surface area contributed by atoms with Crippen molar-refractivity contribution in [3.05, 3.63) is 0 Å². The molecular weight excluding hydrogens is 93.0 g/mol. The van der Waals surface area contributed by atoms with Gasteiger partial charge in [-0.15, -0.1) is 0 Å². The summed E-state index contributed by atoms with van der Waals surface area (Å²) in [5.74, 6) is 0.917. The molecular formula is C4H10NP. The predicted octanol–water partition coefficient (Wildman–Crippen LogP) is 1.30. The van der Waals surface area contributed by atoms with Gasteiger partial charge in [0, 0.05) is 5.78 Å². The molecule has 0 aromatic heterocycles. The van der Waals surface area contributed by atoms with Crippen molar-refractivity contribution < 1.29 is 0 Å². The van der Waals surface area contributed by atoms with Crippen LogP contribution in [0.5, 0.6) is 0 Å².